The first-order chi connectivity index (χ1) is 20.5. The lowest BCUT2D eigenvalue weighted by Crippen LogP contribution is -2.45. The van der Waals surface area contributed by atoms with Crippen LogP contribution in [0.1, 0.15) is 126 Å². The molecule has 0 amide bonds. The van der Waals surface area contributed by atoms with E-state index in [0.29, 0.717) is 0 Å². The molecule has 4 rings (SSSR count). The van der Waals surface area contributed by atoms with Crippen LogP contribution < -0.4 is 0 Å². The first-order valence-electron chi connectivity index (χ1n) is 16.5. The molecule has 0 aliphatic heterocycles. The maximum atomic E-state index is 13.5. The Morgan fingerprint density at radius 1 is 0.489 bits per heavy atom. The average Bonchev–Trinajstić information content (AvgIpc) is 2.78. The zero-order chi connectivity index (χ0) is 33.9. The van der Waals surface area contributed by atoms with Gasteiger partial charge in [-0.3, -0.25) is 28.8 Å². The van der Waals surface area contributed by atoms with Crippen molar-refractivity contribution in [1.29, 1.82) is 0 Å². The van der Waals surface area contributed by atoms with Gasteiger partial charge in [0.1, 0.15) is 23.1 Å². The summed E-state index contributed by atoms with van der Waals surface area (Å²) in [5.74, 6) is -5.55. The van der Waals surface area contributed by atoms with Crippen LogP contribution in [0.25, 0.3) is 0 Å². The van der Waals surface area contributed by atoms with Crippen LogP contribution in [0, 0.1) is 45.3 Å². The van der Waals surface area contributed by atoms with Crippen LogP contribution in [0.5, 0.6) is 0 Å². The molecule has 0 aromatic carbocycles. The second kappa shape index (κ2) is 12.0. The minimum absolute atomic E-state index is 0.0897. The number of carbonyl (C=O) groups is 6. The van der Waals surface area contributed by atoms with E-state index >= 15 is 0 Å². The quantitative estimate of drug-likeness (QED) is 0.277. The molecule has 8 heteroatoms. The van der Waals surface area contributed by atoms with Crippen molar-refractivity contribution in [3.63, 3.8) is 0 Å². The third kappa shape index (κ3) is 7.57. The van der Waals surface area contributed by atoms with Crippen molar-refractivity contribution in [2.75, 3.05) is 0 Å². The van der Waals surface area contributed by atoms with Gasteiger partial charge in [-0.15, -0.1) is 0 Å². The molecule has 2 N–H and O–H groups in total. The number of aliphatic hydroxyl groups is 2. The molecule has 2 saturated carbocycles. The predicted octanol–water partition coefficient (Wildman–Crippen LogP) is 6.94. The van der Waals surface area contributed by atoms with Gasteiger partial charge in [-0.05, 0) is 34.5 Å². The monoisotopic (exact) mass is 624 g/mol. The molecule has 0 heterocycles. The Morgan fingerprint density at radius 2 is 0.756 bits per heavy atom. The third-order valence-electron chi connectivity index (χ3n) is 10.4. The van der Waals surface area contributed by atoms with Crippen LogP contribution in [0.4, 0.5) is 0 Å². The van der Waals surface area contributed by atoms with Crippen molar-refractivity contribution in [2.45, 2.75) is 126 Å². The molecule has 8 nitrogen and oxygen atoms in total. The maximum absolute atomic E-state index is 13.5. The van der Waals surface area contributed by atoms with E-state index in [9.17, 15) is 39.0 Å². The fraction of sp³-hybridized carbons (Fsp3) is 0.730. The molecule has 45 heavy (non-hydrogen) atoms. The van der Waals surface area contributed by atoms with Gasteiger partial charge >= 0.3 is 0 Å². The first kappa shape index (κ1) is 35.0. The van der Waals surface area contributed by atoms with E-state index in [1.165, 1.54) is 0 Å². The topological polar surface area (TPSA) is 143 Å². The van der Waals surface area contributed by atoms with E-state index in [1.807, 2.05) is 55.4 Å². The van der Waals surface area contributed by atoms with Crippen molar-refractivity contribution < 1.29 is 39.0 Å². The fourth-order valence-corrected chi connectivity index (χ4v) is 8.67. The minimum Gasteiger partial charge on any atom is -0.512 e. The second-order valence-corrected chi connectivity index (χ2v) is 17.6. The number of aliphatic hydroxyl groups excluding tert-OH is 2. The number of allylic oxidation sites excluding steroid dienone is 4. The molecule has 4 aliphatic carbocycles. The van der Waals surface area contributed by atoms with E-state index in [0.717, 1.165) is 0 Å². The largest absolute Gasteiger partial charge is 0.512 e. The summed E-state index contributed by atoms with van der Waals surface area (Å²) >= 11 is 0. The normalized spacial score (nSPS) is 27.3. The van der Waals surface area contributed by atoms with Gasteiger partial charge in [-0.25, -0.2) is 0 Å². The number of carbonyl (C=O) groups excluding carboxylic acids is 6. The van der Waals surface area contributed by atoms with Crippen molar-refractivity contribution in [2.24, 2.45) is 45.3 Å². The summed E-state index contributed by atoms with van der Waals surface area (Å²) in [4.78, 5) is 81.1. The number of rotatable bonds is 8. The number of hydrogen-bond donors (Lipinski definition) is 2. The fourth-order valence-electron chi connectivity index (χ4n) is 8.67. The average molecular weight is 625 g/mol. The molecular formula is C37H52O8. The van der Waals surface area contributed by atoms with Crippen LogP contribution in [0.15, 0.2) is 22.7 Å². The van der Waals surface area contributed by atoms with Gasteiger partial charge in [-0.2, -0.15) is 0 Å². The highest BCUT2D eigenvalue weighted by molar-refractivity contribution is 6.09. The molecule has 2 atom stereocenters. The zero-order valence-electron chi connectivity index (χ0n) is 28.4. The Hall–Kier alpha value is -2.90. The number of hydrogen-bond acceptors (Lipinski definition) is 8. The molecule has 0 aromatic rings. The van der Waals surface area contributed by atoms with Crippen LogP contribution in [0.3, 0.4) is 0 Å². The van der Waals surface area contributed by atoms with Crippen molar-refractivity contribution >= 4 is 34.7 Å². The molecule has 2 unspecified atom stereocenters. The van der Waals surface area contributed by atoms with Gasteiger partial charge in [0.05, 0.1) is 23.4 Å². The Labute approximate surface area is 267 Å². The summed E-state index contributed by atoms with van der Waals surface area (Å²) < 4.78 is 0. The van der Waals surface area contributed by atoms with E-state index in [2.05, 4.69) is 0 Å². The SMILES string of the molecule is CC1(C)CC(=O)C(C(CCCC(C2=C(O)CC(C)(C)CC2=O)C2C(=O)CC(C)(C)CC2=O)C2=C(O)CC(C)(C)CC2=O)C(=O)C1. The second-order valence-electron chi connectivity index (χ2n) is 17.6. The van der Waals surface area contributed by atoms with Crippen LogP contribution in [0.2, 0.25) is 0 Å². The number of Topliss-reactive ketones (excluding diaryl/α,β-unsaturated/α-hetero) is 6. The lowest BCUT2D eigenvalue weighted by atomic mass is 9.62. The molecule has 0 spiro atoms. The van der Waals surface area contributed by atoms with Gasteiger partial charge in [-0.1, -0.05) is 61.8 Å². The van der Waals surface area contributed by atoms with Crippen LogP contribution in [-0.2, 0) is 28.8 Å². The lowest BCUT2D eigenvalue weighted by molar-refractivity contribution is -0.143. The Morgan fingerprint density at radius 3 is 1.02 bits per heavy atom. The summed E-state index contributed by atoms with van der Waals surface area (Å²) in [6, 6.07) is 0. The summed E-state index contributed by atoms with van der Waals surface area (Å²) in [5.41, 5.74) is -1.63. The van der Waals surface area contributed by atoms with Gasteiger partial charge < -0.3 is 10.2 Å². The van der Waals surface area contributed by atoms with Crippen molar-refractivity contribution in [3.05, 3.63) is 22.7 Å². The molecule has 4 aliphatic rings. The van der Waals surface area contributed by atoms with E-state index < -0.39 is 45.3 Å². The van der Waals surface area contributed by atoms with Gasteiger partial charge in [0.2, 0.25) is 0 Å². The summed E-state index contributed by atoms with van der Waals surface area (Å²) in [6.07, 6.45) is 2.22. The van der Waals surface area contributed by atoms with Crippen molar-refractivity contribution in [1.82, 2.24) is 0 Å². The van der Waals surface area contributed by atoms with E-state index in [4.69, 9.17) is 0 Å². The Bertz CT molecular complexity index is 1240. The molecular weight excluding hydrogens is 572 g/mol. The summed E-state index contributed by atoms with van der Waals surface area (Å²) in [5, 5.41) is 22.3. The smallest absolute Gasteiger partial charge is 0.163 e. The van der Waals surface area contributed by atoms with Gasteiger partial charge in [0.15, 0.2) is 11.6 Å². The minimum atomic E-state index is -1.07. The molecule has 0 aromatic heterocycles. The predicted molar refractivity (Wildman–Crippen MR) is 169 cm³/mol. The van der Waals surface area contributed by atoms with E-state index in [-0.39, 0.29) is 128 Å². The van der Waals surface area contributed by atoms with Crippen LogP contribution >= 0.6 is 0 Å². The lowest BCUT2D eigenvalue weighted by Gasteiger charge is -2.40. The summed E-state index contributed by atoms with van der Waals surface area (Å²) in [7, 11) is 0. The Balaban J connectivity index is 1.71. The highest BCUT2D eigenvalue weighted by Gasteiger charge is 2.50. The maximum Gasteiger partial charge on any atom is 0.163 e. The molecule has 0 bridgehead atoms. The highest BCUT2D eigenvalue weighted by Crippen LogP contribution is 2.48. The number of ketones is 6. The van der Waals surface area contributed by atoms with Gasteiger partial charge in [0.25, 0.3) is 0 Å². The summed E-state index contributed by atoms with van der Waals surface area (Å²) in [6.45, 7) is 15.0. The zero-order valence-corrected chi connectivity index (χ0v) is 28.4. The van der Waals surface area contributed by atoms with Crippen molar-refractivity contribution in [3.8, 4) is 0 Å². The Kier molecular flexibility index (Phi) is 9.35. The van der Waals surface area contributed by atoms with E-state index in [1.54, 1.807) is 0 Å². The molecule has 248 valence electrons. The van der Waals surface area contributed by atoms with Gasteiger partial charge in [0, 0.05) is 74.3 Å². The highest BCUT2D eigenvalue weighted by atomic mass is 16.3. The third-order valence-corrected chi connectivity index (χ3v) is 10.4. The first-order valence-corrected chi connectivity index (χ1v) is 16.5. The standard InChI is InChI=1S/C37H52O8/c1-34(2)12-22(38)30(23(39)13-34)20(31-24(40)14-35(3,4)15-25(31)41)10-9-11-21(32-26(42)16-36(5,6)17-27(32)43)33-28(44)18-37(7,8)19-29(33)45/h20-21,30,32,40,44H,9-19H2,1-8H3. The van der Waals surface area contributed by atoms with Crippen LogP contribution in [-0.4, -0.2) is 44.9 Å². The molecule has 2 fully saturated rings. The molecule has 0 radical (unpaired) electrons. The molecule has 0 saturated heterocycles.